The number of benzene rings is 2. The summed E-state index contributed by atoms with van der Waals surface area (Å²) in [6.07, 6.45) is -2.10. The van der Waals surface area contributed by atoms with Crippen LogP contribution in [0.15, 0.2) is 60.7 Å². The van der Waals surface area contributed by atoms with Gasteiger partial charge in [-0.25, -0.2) is 0 Å². The Morgan fingerprint density at radius 3 is 1.75 bits per heavy atom. The number of rotatable bonds is 7. The van der Waals surface area contributed by atoms with Crippen LogP contribution in [-0.2, 0) is 41.0 Å². The molecule has 0 bridgehead atoms. The van der Waals surface area contributed by atoms with Gasteiger partial charge in [-0.2, -0.15) is 0 Å². The van der Waals surface area contributed by atoms with Gasteiger partial charge in [0.25, 0.3) is 0 Å². The van der Waals surface area contributed by atoms with Crippen LogP contribution < -0.4 is 0 Å². The van der Waals surface area contributed by atoms with E-state index in [0.29, 0.717) is 19.8 Å². The molecule has 0 N–H and O–H groups in total. The summed E-state index contributed by atoms with van der Waals surface area (Å²) in [4.78, 5) is 0. The first kappa shape index (κ1) is 27.5. The zero-order chi connectivity index (χ0) is 26.0. The predicted molar refractivity (Wildman–Crippen MR) is 142 cm³/mol. The fraction of sp³-hybridized carbons (Fsp3) is 0.586. The molecule has 2 aromatic rings. The van der Waals surface area contributed by atoms with E-state index in [4.69, 9.17) is 27.8 Å². The Kier molecular flexibility index (Phi) is 8.41. The molecule has 0 saturated carbocycles. The summed E-state index contributed by atoms with van der Waals surface area (Å²) >= 11 is 0. The van der Waals surface area contributed by atoms with E-state index < -0.39 is 27.1 Å². The summed E-state index contributed by atoms with van der Waals surface area (Å²) in [7, 11) is -1.10. The lowest BCUT2D eigenvalue weighted by Crippen LogP contribution is -2.71. The van der Waals surface area contributed by atoms with Gasteiger partial charge in [-0.3, -0.25) is 0 Å². The molecule has 0 aliphatic carbocycles. The summed E-state index contributed by atoms with van der Waals surface area (Å²) < 4.78 is 39.1. The SMILES string of the molecule is CO[C@@H]1O[C@@H]2CO[Si](C(C)(C)C)(C(C)(C)C)O[C@@H]2[C@H](OCc2ccccc2)[C@H]1OCc1ccccc1. The van der Waals surface area contributed by atoms with Crippen LogP contribution in [0, 0.1) is 0 Å². The van der Waals surface area contributed by atoms with Crippen molar-refractivity contribution in [1.82, 2.24) is 0 Å². The fourth-order valence-corrected chi connectivity index (χ4v) is 10.5. The monoisotopic (exact) mass is 514 g/mol. The molecule has 2 aliphatic rings. The van der Waals surface area contributed by atoms with Gasteiger partial charge in [0.15, 0.2) is 6.29 Å². The minimum absolute atomic E-state index is 0.154. The Morgan fingerprint density at radius 2 is 1.28 bits per heavy atom. The average molecular weight is 515 g/mol. The Morgan fingerprint density at radius 1 is 0.778 bits per heavy atom. The maximum Gasteiger partial charge on any atom is 0.349 e. The lowest BCUT2D eigenvalue weighted by atomic mass is 9.98. The standard InChI is InChI=1S/C29H42O6Si/c1-28(2,3)36(29(4,5)6)33-20-23-24(35-36)25(31-18-21-14-10-8-11-15-21)26(27(30-7)34-23)32-19-22-16-12-9-13-17-22/h8-17,23-27H,18-20H2,1-7H3/t23-,24+,25+,26-,27-/m1/s1. The molecular weight excluding hydrogens is 472 g/mol. The molecule has 0 unspecified atom stereocenters. The molecule has 4 rings (SSSR count). The maximum absolute atomic E-state index is 7.11. The average Bonchev–Trinajstić information content (AvgIpc) is 2.85. The van der Waals surface area contributed by atoms with Gasteiger partial charge in [-0.05, 0) is 11.1 Å². The van der Waals surface area contributed by atoms with E-state index in [9.17, 15) is 0 Å². The van der Waals surface area contributed by atoms with Crippen molar-refractivity contribution in [3.63, 3.8) is 0 Å². The summed E-state index contributed by atoms with van der Waals surface area (Å²) in [5.41, 5.74) is 2.18. The second kappa shape index (κ2) is 11.0. The van der Waals surface area contributed by atoms with Gasteiger partial charge in [0.1, 0.15) is 24.4 Å². The van der Waals surface area contributed by atoms with E-state index in [-0.39, 0.29) is 22.3 Å². The molecule has 0 radical (unpaired) electrons. The maximum atomic E-state index is 7.11. The second-order valence-corrected chi connectivity index (χ2v) is 16.6. The third-order valence-corrected chi connectivity index (χ3v) is 12.2. The fourth-order valence-electron chi connectivity index (χ4n) is 5.58. The number of methoxy groups -OCH3 is 1. The Labute approximate surface area is 217 Å². The van der Waals surface area contributed by atoms with Crippen molar-refractivity contribution in [3.05, 3.63) is 71.8 Å². The van der Waals surface area contributed by atoms with E-state index in [1.807, 2.05) is 36.4 Å². The van der Waals surface area contributed by atoms with E-state index in [0.717, 1.165) is 11.1 Å². The molecule has 198 valence electrons. The molecule has 36 heavy (non-hydrogen) atoms. The number of fused-ring (bicyclic) bond motifs is 1. The van der Waals surface area contributed by atoms with Gasteiger partial charge in [0, 0.05) is 17.2 Å². The zero-order valence-electron chi connectivity index (χ0n) is 22.7. The first-order valence-corrected chi connectivity index (χ1v) is 14.7. The second-order valence-electron chi connectivity index (χ2n) is 11.8. The van der Waals surface area contributed by atoms with Gasteiger partial charge in [-0.1, -0.05) is 102 Å². The molecule has 0 aromatic heterocycles. The highest BCUT2D eigenvalue weighted by Gasteiger charge is 2.65. The molecule has 6 nitrogen and oxygen atoms in total. The molecule has 2 saturated heterocycles. The normalized spacial score (nSPS) is 28.5. The van der Waals surface area contributed by atoms with Crippen molar-refractivity contribution in [2.24, 2.45) is 0 Å². The Bertz CT molecular complexity index is 941. The minimum Gasteiger partial charge on any atom is -0.391 e. The summed E-state index contributed by atoms with van der Waals surface area (Å²) in [6.45, 7) is 14.6. The van der Waals surface area contributed by atoms with E-state index in [1.54, 1.807) is 7.11 Å². The van der Waals surface area contributed by atoms with E-state index >= 15 is 0 Å². The largest absolute Gasteiger partial charge is 0.391 e. The molecule has 2 heterocycles. The molecule has 0 spiro atoms. The van der Waals surface area contributed by atoms with Crippen molar-refractivity contribution < 1.29 is 27.8 Å². The van der Waals surface area contributed by atoms with Crippen molar-refractivity contribution in [2.45, 2.75) is 95.5 Å². The topological polar surface area (TPSA) is 55.4 Å². The van der Waals surface area contributed by atoms with Crippen molar-refractivity contribution in [2.75, 3.05) is 13.7 Å². The Balaban J connectivity index is 1.66. The molecule has 2 fully saturated rings. The molecular formula is C29H42O6Si. The van der Waals surface area contributed by atoms with Crippen LogP contribution in [0.1, 0.15) is 52.7 Å². The quantitative estimate of drug-likeness (QED) is 0.423. The van der Waals surface area contributed by atoms with Gasteiger partial charge in [-0.15, -0.1) is 0 Å². The summed E-state index contributed by atoms with van der Waals surface area (Å²) in [5, 5.41) is -0.308. The molecule has 2 aliphatic heterocycles. The van der Waals surface area contributed by atoms with Gasteiger partial charge in [0.2, 0.25) is 0 Å². The van der Waals surface area contributed by atoms with Gasteiger partial charge >= 0.3 is 8.56 Å². The number of hydrogen-bond donors (Lipinski definition) is 0. The predicted octanol–water partition coefficient (Wildman–Crippen LogP) is 5.99. The van der Waals surface area contributed by atoms with Crippen LogP contribution in [-0.4, -0.2) is 53.0 Å². The number of hydrogen-bond acceptors (Lipinski definition) is 6. The van der Waals surface area contributed by atoms with Crippen LogP contribution in [0.3, 0.4) is 0 Å². The highest BCUT2D eigenvalue weighted by atomic mass is 28.4. The first-order valence-electron chi connectivity index (χ1n) is 12.9. The third-order valence-electron chi connectivity index (χ3n) is 7.12. The van der Waals surface area contributed by atoms with Crippen molar-refractivity contribution in [1.29, 1.82) is 0 Å². The molecule has 7 heteroatoms. The van der Waals surface area contributed by atoms with Crippen LogP contribution in [0.5, 0.6) is 0 Å². The van der Waals surface area contributed by atoms with Crippen molar-refractivity contribution >= 4 is 8.56 Å². The van der Waals surface area contributed by atoms with E-state index in [2.05, 4.69) is 65.8 Å². The van der Waals surface area contributed by atoms with Gasteiger partial charge < -0.3 is 27.8 Å². The van der Waals surface area contributed by atoms with Crippen LogP contribution in [0.25, 0.3) is 0 Å². The molecule has 5 atom stereocenters. The van der Waals surface area contributed by atoms with Crippen molar-refractivity contribution in [3.8, 4) is 0 Å². The zero-order valence-corrected chi connectivity index (χ0v) is 23.7. The third kappa shape index (κ3) is 5.63. The summed E-state index contributed by atoms with van der Waals surface area (Å²) in [5.74, 6) is 0. The number of ether oxygens (including phenoxy) is 4. The molecule has 2 aromatic carbocycles. The lowest BCUT2D eigenvalue weighted by molar-refractivity contribution is -0.321. The lowest BCUT2D eigenvalue weighted by Gasteiger charge is -2.58. The highest BCUT2D eigenvalue weighted by molar-refractivity contribution is 6.73. The van der Waals surface area contributed by atoms with Crippen LogP contribution >= 0.6 is 0 Å². The highest BCUT2D eigenvalue weighted by Crippen LogP contribution is 2.55. The van der Waals surface area contributed by atoms with Crippen LogP contribution in [0.2, 0.25) is 10.1 Å². The first-order chi connectivity index (χ1) is 17.1. The van der Waals surface area contributed by atoms with E-state index in [1.165, 1.54) is 0 Å². The van der Waals surface area contributed by atoms with Gasteiger partial charge in [0.05, 0.1) is 19.8 Å². The minimum atomic E-state index is -2.75. The smallest absolute Gasteiger partial charge is 0.349 e. The Hall–Kier alpha value is -1.58. The van der Waals surface area contributed by atoms with Crippen LogP contribution in [0.4, 0.5) is 0 Å². The summed E-state index contributed by atoms with van der Waals surface area (Å²) in [6, 6.07) is 20.3. The molecule has 0 amide bonds.